The summed E-state index contributed by atoms with van der Waals surface area (Å²) in [4.78, 5) is 16.7. The SMILES string of the molecule is CNC(=O)c1nnc(Nc2cc(C3CC3)ccn2)cc1Nc1ccccc1P(C)(C)=O. The molecular weight excluding hydrogens is 411 g/mol. The third kappa shape index (κ3) is 4.91. The minimum Gasteiger partial charge on any atom is -0.354 e. The standard InChI is InChI=1S/C22H25N6O2P/c1-23-22(29)21-17(25-16-6-4-5-7-18(16)31(2,3)30)13-20(27-28-21)26-19-12-15(10-11-24-19)14-8-9-14/h4-7,10-14H,8-9H2,1-3H3,(H,23,29)(H2,24,25,26,27). The second-order valence-electron chi connectivity index (χ2n) is 7.94. The van der Waals surface area contributed by atoms with Crippen LogP contribution in [-0.2, 0) is 4.57 Å². The normalized spacial score (nSPS) is 13.5. The van der Waals surface area contributed by atoms with E-state index in [1.165, 1.54) is 25.5 Å². The topological polar surface area (TPSA) is 109 Å². The number of rotatable bonds is 7. The van der Waals surface area contributed by atoms with Crippen LogP contribution in [0.5, 0.6) is 0 Å². The maximum atomic E-state index is 12.7. The van der Waals surface area contributed by atoms with Gasteiger partial charge in [-0.3, -0.25) is 4.79 Å². The highest BCUT2D eigenvalue weighted by atomic mass is 31.2. The molecule has 3 aromatic rings. The number of hydrogen-bond donors (Lipinski definition) is 3. The third-order valence-electron chi connectivity index (χ3n) is 5.08. The van der Waals surface area contributed by atoms with E-state index in [-0.39, 0.29) is 11.6 Å². The highest BCUT2D eigenvalue weighted by Gasteiger charge is 2.24. The van der Waals surface area contributed by atoms with Crippen LogP contribution in [-0.4, -0.2) is 41.5 Å². The molecule has 2 aromatic heterocycles. The second-order valence-corrected chi connectivity index (χ2v) is 11.1. The molecule has 0 atom stereocenters. The summed E-state index contributed by atoms with van der Waals surface area (Å²) in [5.74, 6) is 1.36. The van der Waals surface area contributed by atoms with Crippen molar-refractivity contribution in [2.75, 3.05) is 31.0 Å². The number of hydrogen-bond acceptors (Lipinski definition) is 7. The Labute approximate surface area is 181 Å². The largest absolute Gasteiger partial charge is 0.354 e. The van der Waals surface area contributed by atoms with Crippen molar-refractivity contribution in [2.45, 2.75) is 18.8 Å². The average Bonchev–Trinajstić information content (AvgIpc) is 3.59. The summed E-state index contributed by atoms with van der Waals surface area (Å²) in [5, 5.41) is 17.9. The summed E-state index contributed by atoms with van der Waals surface area (Å²) in [6.45, 7) is 3.42. The molecule has 1 amide bonds. The number of aromatic nitrogens is 3. The molecule has 9 heteroatoms. The lowest BCUT2D eigenvalue weighted by atomic mass is 10.2. The quantitative estimate of drug-likeness (QED) is 0.483. The molecular formula is C22H25N6O2P. The Morgan fingerprint density at radius 2 is 1.77 bits per heavy atom. The van der Waals surface area contributed by atoms with Gasteiger partial charge in [-0.2, -0.15) is 0 Å². The summed E-state index contributed by atoms with van der Waals surface area (Å²) in [6.07, 6.45) is 4.18. The van der Waals surface area contributed by atoms with Crippen molar-refractivity contribution >= 4 is 41.4 Å². The summed E-state index contributed by atoms with van der Waals surface area (Å²) < 4.78 is 12.7. The van der Waals surface area contributed by atoms with Crippen LogP contribution >= 0.6 is 7.14 Å². The second kappa shape index (κ2) is 8.47. The maximum absolute atomic E-state index is 12.7. The first-order chi connectivity index (χ1) is 14.8. The third-order valence-corrected chi connectivity index (χ3v) is 6.63. The molecule has 2 heterocycles. The Hall–Kier alpha value is -3.25. The van der Waals surface area contributed by atoms with E-state index in [9.17, 15) is 9.36 Å². The number of anilines is 4. The van der Waals surface area contributed by atoms with Crippen molar-refractivity contribution in [3.05, 3.63) is 59.9 Å². The first-order valence-corrected chi connectivity index (χ1v) is 12.7. The van der Waals surface area contributed by atoms with Gasteiger partial charge >= 0.3 is 0 Å². The van der Waals surface area contributed by atoms with E-state index in [1.807, 2.05) is 36.4 Å². The molecule has 0 radical (unpaired) electrons. The summed E-state index contributed by atoms with van der Waals surface area (Å²) in [7, 11) is -1.00. The first kappa shape index (κ1) is 21.0. The van der Waals surface area contributed by atoms with Gasteiger partial charge in [-0.15, -0.1) is 10.2 Å². The Morgan fingerprint density at radius 3 is 2.48 bits per heavy atom. The number of para-hydroxylation sites is 1. The van der Waals surface area contributed by atoms with Gasteiger partial charge in [0.25, 0.3) is 5.91 Å². The van der Waals surface area contributed by atoms with Crippen molar-refractivity contribution in [3.8, 4) is 0 Å². The average molecular weight is 436 g/mol. The molecule has 160 valence electrons. The van der Waals surface area contributed by atoms with Gasteiger partial charge in [-0.05, 0) is 61.9 Å². The lowest BCUT2D eigenvalue weighted by molar-refractivity contribution is 0.0958. The van der Waals surface area contributed by atoms with E-state index in [0.717, 1.165) is 0 Å². The number of amides is 1. The molecule has 1 aliphatic rings. The zero-order valence-electron chi connectivity index (χ0n) is 17.7. The van der Waals surface area contributed by atoms with Crippen molar-refractivity contribution in [2.24, 2.45) is 0 Å². The van der Waals surface area contributed by atoms with Gasteiger partial charge < -0.3 is 20.5 Å². The number of nitrogens with one attached hydrogen (secondary N) is 3. The van der Waals surface area contributed by atoms with Crippen LogP contribution in [0.4, 0.5) is 23.0 Å². The minimum absolute atomic E-state index is 0.143. The van der Waals surface area contributed by atoms with Crippen LogP contribution in [0.3, 0.4) is 0 Å². The van der Waals surface area contributed by atoms with E-state index in [4.69, 9.17) is 0 Å². The maximum Gasteiger partial charge on any atom is 0.273 e. The van der Waals surface area contributed by atoms with E-state index >= 15 is 0 Å². The molecule has 1 saturated carbocycles. The van der Waals surface area contributed by atoms with Crippen LogP contribution < -0.4 is 21.3 Å². The van der Waals surface area contributed by atoms with Crippen LogP contribution in [0.2, 0.25) is 0 Å². The molecule has 0 aliphatic heterocycles. The smallest absolute Gasteiger partial charge is 0.273 e. The van der Waals surface area contributed by atoms with Gasteiger partial charge in [0.05, 0.1) is 5.69 Å². The van der Waals surface area contributed by atoms with Crippen LogP contribution in [0, 0.1) is 0 Å². The molecule has 8 nitrogen and oxygen atoms in total. The van der Waals surface area contributed by atoms with Gasteiger partial charge in [-0.1, -0.05) is 12.1 Å². The fourth-order valence-corrected chi connectivity index (χ4v) is 4.50. The number of pyridine rings is 1. The Kier molecular flexibility index (Phi) is 5.74. The number of benzene rings is 1. The van der Waals surface area contributed by atoms with E-state index in [1.54, 1.807) is 25.6 Å². The van der Waals surface area contributed by atoms with Gasteiger partial charge in [0.15, 0.2) is 11.5 Å². The van der Waals surface area contributed by atoms with Gasteiger partial charge in [0, 0.05) is 30.3 Å². The van der Waals surface area contributed by atoms with Crippen LogP contribution in [0.15, 0.2) is 48.7 Å². The van der Waals surface area contributed by atoms with Crippen molar-refractivity contribution in [1.29, 1.82) is 0 Å². The van der Waals surface area contributed by atoms with Gasteiger partial charge in [0.1, 0.15) is 13.0 Å². The molecule has 3 N–H and O–H groups in total. The van der Waals surface area contributed by atoms with Crippen molar-refractivity contribution in [3.63, 3.8) is 0 Å². The monoisotopic (exact) mass is 436 g/mol. The predicted octanol–water partition coefficient (Wildman–Crippen LogP) is 3.84. The summed E-state index contributed by atoms with van der Waals surface area (Å²) in [5.41, 5.74) is 2.51. The molecule has 1 aliphatic carbocycles. The number of carbonyl (C=O) groups excluding carboxylic acids is 1. The number of nitrogens with zero attached hydrogens (tertiary/aromatic N) is 3. The zero-order valence-corrected chi connectivity index (χ0v) is 18.6. The van der Waals surface area contributed by atoms with E-state index in [2.05, 4.69) is 31.1 Å². The van der Waals surface area contributed by atoms with Crippen molar-refractivity contribution < 1.29 is 9.36 Å². The molecule has 0 saturated heterocycles. The highest BCUT2D eigenvalue weighted by molar-refractivity contribution is 7.70. The fourth-order valence-electron chi connectivity index (χ4n) is 3.35. The molecule has 1 aromatic carbocycles. The number of carbonyl (C=O) groups is 1. The van der Waals surface area contributed by atoms with E-state index < -0.39 is 7.14 Å². The first-order valence-electron chi connectivity index (χ1n) is 10.1. The van der Waals surface area contributed by atoms with Crippen LogP contribution in [0.25, 0.3) is 0 Å². The molecule has 31 heavy (non-hydrogen) atoms. The fraction of sp³-hybridized carbons (Fsp3) is 0.273. The van der Waals surface area contributed by atoms with E-state index in [0.29, 0.717) is 34.2 Å². The molecule has 0 spiro atoms. The zero-order chi connectivity index (χ0) is 22.0. The molecule has 1 fully saturated rings. The Morgan fingerprint density at radius 1 is 1.00 bits per heavy atom. The molecule has 0 bridgehead atoms. The Balaban J connectivity index is 1.68. The van der Waals surface area contributed by atoms with Crippen molar-refractivity contribution in [1.82, 2.24) is 20.5 Å². The molecule has 4 rings (SSSR count). The lowest BCUT2D eigenvalue weighted by Crippen LogP contribution is -2.22. The highest BCUT2D eigenvalue weighted by Crippen LogP contribution is 2.41. The summed E-state index contributed by atoms with van der Waals surface area (Å²) >= 11 is 0. The Bertz CT molecular complexity index is 1170. The predicted molar refractivity (Wildman–Crippen MR) is 124 cm³/mol. The lowest BCUT2D eigenvalue weighted by Gasteiger charge is -2.17. The van der Waals surface area contributed by atoms with Gasteiger partial charge in [0.2, 0.25) is 0 Å². The summed E-state index contributed by atoms with van der Waals surface area (Å²) in [6, 6.07) is 13.1. The van der Waals surface area contributed by atoms with Crippen LogP contribution in [0.1, 0.15) is 34.8 Å². The minimum atomic E-state index is -2.54. The van der Waals surface area contributed by atoms with Gasteiger partial charge in [-0.25, -0.2) is 4.98 Å². The molecule has 0 unspecified atom stereocenters.